The number of rotatable bonds is 3. The zero-order valence-electron chi connectivity index (χ0n) is 12.4. The Morgan fingerprint density at radius 3 is 2.82 bits per heavy atom. The first-order chi connectivity index (χ1) is 10.5. The molecule has 1 N–H and O–H groups in total. The number of hydrogen-bond donors (Lipinski definition) is 1. The zero-order valence-corrected chi connectivity index (χ0v) is 14.0. The number of methoxy groups -OCH3 is 1. The first kappa shape index (κ1) is 15.1. The monoisotopic (exact) mass is 334 g/mol. The number of alkyl halides is 1. The third kappa shape index (κ3) is 2.51. The van der Waals surface area contributed by atoms with E-state index in [1.54, 1.807) is 14.0 Å². The van der Waals surface area contributed by atoms with Crippen molar-refractivity contribution in [3.63, 3.8) is 0 Å². The molecule has 1 atom stereocenters. The van der Waals surface area contributed by atoms with Gasteiger partial charge in [0, 0.05) is 16.5 Å². The van der Waals surface area contributed by atoms with Gasteiger partial charge < -0.3 is 9.72 Å². The molecule has 3 rings (SSSR count). The van der Waals surface area contributed by atoms with Crippen LogP contribution in [0.15, 0.2) is 28.4 Å². The normalized spacial score (nSPS) is 12.5. The summed E-state index contributed by atoms with van der Waals surface area (Å²) < 4.78 is 5.43. The summed E-state index contributed by atoms with van der Waals surface area (Å²) in [6, 6.07) is 5.90. The summed E-state index contributed by atoms with van der Waals surface area (Å²) >= 11 is 7.45. The van der Waals surface area contributed by atoms with E-state index < -0.39 is 0 Å². The summed E-state index contributed by atoms with van der Waals surface area (Å²) in [7, 11) is 1.62. The quantitative estimate of drug-likeness (QED) is 0.728. The first-order valence-electron chi connectivity index (χ1n) is 6.81. The van der Waals surface area contributed by atoms with E-state index in [0.29, 0.717) is 16.0 Å². The van der Waals surface area contributed by atoms with Crippen LogP contribution in [0.5, 0.6) is 5.75 Å². The fourth-order valence-corrected chi connectivity index (χ4v) is 3.43. The van der Waals surface area contributed by atoms with Crippen molar-refractivity contribution in [2.45, 2.75) is 19.2 Å². The zero-order chi connectivity index (χ0) is 15.9. The molecule has 3 aromatic rings. The maximum absolute atomic E-state index is 12.5. The molecule has 0 fully saturated rings. The minimum atomic E-state index is -0.337. The van der Waals surface area contributed by atoms with Crippen molar-refractivity contribution in [2.24, 2.45) is 0 Å². The molecule has 0 spiro atoms. The number of aromatic amines is 1. The molecule has 0 aliphatic carbocycles. The van der Waals surface area contributed by atoms with Crippen LogP contribution in [0.25, 0.3) is 21.3 Å². The number of ether oxygens (including phenoxy) is 1. The second-order valence-corrected chi connectivity index (χ2v) is 6.61. The van der Waals surface area contributed by atoms with Gasteiger partial charge in [-0.25, -0.2) is 4.98 Å². The average molecular weight is 335 g/mol. The Morgan fingerprint density at radius 2 is 2.14 bits per heavy atom. The van der Waals surface area contributed by atoms with Gasteiger partial charge in [0.15, 0.2) is 0 Å². The van der Waals surface area contributed by atoms with Crippen molar-refractivity contribution in [3.8, 4) is 16.9 Å². The second kappa shape index (κ2) is 5.74. The Kier molecular flexibility index (Phi) is 3.93. The van der Waals surface area contributed by atoms with E-state index in [4.69, 9.17) is 16.3 Å². The Bertz CT molecular complexity index is 899. The van der Waals surface area contributed by atoms with Crippen LogP contribution in [-0.4, -0.2) is 17.1 Å². The molecule has 114 valence electrons. The molecule has 0 aliphatic rings. The first-order valence-corrected chi connectivity index (χ1v) is 8.13. The lowest BCUT2D eigenvalue weighted by atomic mass is 10.0. The maximum Gasteiger partial charge on any atom is 0.260 e. The van der Waals surface area contributed by atoms with Crippen LogP contribution in [0.1, 0.15) is 23.7 Å². The summed E-state index contributed by atoms with van der Waals surface area (Å²) in [5.41, 5.74) is 2.66. The van der Waals surface area contributed by atoms with E-state index in [1.165, 1.54) is 11.3 Å². The molecule has 22 heavy (non-hydrogen) atoms. The predicted octanol–water partition coefficient (Wildman–Crippen LogP) is 4.27. The Balaban J connectivity index is 2.30. The van der Waals surface area contributed by atoms with Crippen LogP contribution in [0.2, 0.25) is 0 Å². The molecule has 2 aromatic heterocycles. The number of hydrogen-bond acceptors (Lipinski definition) is 4. The number of thiophene rings is 1. The molecule has 1 aromatic carbocycles. The van der Waals surface area contributed by atoms with Gasteiger partial charge in [0.25, 0.3) is 5.56 Å². The number of benzene rings is 1. The molecule has 0 amide bonds. The highest BCUT2D eigenvalue weighted by atomic mass is 35.5. The molecule has 0 saturated carbocycles. The molecular weight excluding hydrogens is 320 g/mol. The average Bonchev–Trinajstić information content (AvgIpc) is 2.91. The molecule has 4 nitrogen and oxygen atoms in total. The highest BCUT2D eigenvalue weighted by molar-refractivity contribution is 7.17. The van der Waals surface area contributed by atoms with E-state index in [0.717, 1.165) is 22.4 Å². The number of H-pyrrole nitrogens is 1. The number of aromatic nitrogens is 2. The molecule has 2 heterocycles. The van der Waals surface area contributed by atoms with Gasteiger partial charge >= 0.3 is 0 Å². The molecule has 0 bridgehead atoms. The lowest BCUT2D eigenvalue weighted by Crippen LogP contribution is -2.11. The maximum atomic E-state index is 12.5. The Hall–Kier alpha value is -1.85. The summed E-state index contributed by atoms with van der Waals surface area (Å²) in [5.74, 6) is 1.23. The molecule has 0 saturated heterocycles. The van der Waals surface area contributed by atoms with Gasteiger partial charge in [0.2, 0.25) is 0 Å². The van der Waals surface area contributed by atoms with Crippen molar-refractivity contribution in [1.82, 2.24) is 9.97 Å². The van der Waals surface area contributed by atoms with Gasteiger partial charge in [-0.3, -0.25) is 4.79 Å². The van der Waals surface area contributed by atoms with Crippen LogP contribution < -0.4 is 10.3 Å². The number of nitrogens with one attached hydrogen (secondary N) is 1. The van der Waals surface area contributed by atoms with E-state index in [2.05, 4.69) is 9.97 Å². The van der Waals surface area contributed by atoms with E-state index in [9.17, 15) is 4.79 Å². The predicted molar refractivity (Wildman–Crippen MR) is 91.2 cm³/mol. The number of aryl methyl sites for hydroxylation is 1. The van der Waals surface area contributed by atoms with E-state index in [-0.39, 0.29) is 10.9 Å². The van der Waals surface area contributed by atoms with Crippen LogP contribution in [0.4, 0.5) is 0 Å². The Morgan fingerprint density at radius 1 is 1.36 bits per heavy atom. The third-order valence-electron chi connectivity index (χ3n) is 3.48. The second-order valence-electron chi connectivity index (χ2n) is 5.10. The number of halogens is 1. The van der Waals surface area contributed by atoms with Crippen molar-refractivity contribution < 1.29 is 4.74 Å². The van der Waals surface area contributed by atoms with Crippen molar-refractivity contribution >= 4 is 33.2 Å². The number of fused-ring (bicyclic) bond motifs is 1. The fourth-order valence-electron chi connectivity index (χ4n) is 2.38. The van der Waals surface area contributed by atoms with Crippen LogP contribution >= 0.6 is 22.9 Å². The minimum absolute atomic E-state index is 0.174. The molecule has 1 unspecified atom stereocenters. The highest BCUT2D eigenvalue weighted by Gasteiger charge is 2.17. The van der Waals surface area contributed by atoms with Gasteiger partial charge in [-0.15, -0.1) is 22.9 Å². The smallest absolute Gasteiger partial charge is 0.260 e. The SMILES string of the molecule is COc1ccc(C)cc1-c1csc2nc(C(C)Cl)[nH]c(=O)c12. The molecule has 0 radical (unpaired) electrons. The highest BCUT2D eigenvalue weighted by Crippen LogP contribution is 2.37. The third-order valence-corrected chi connectivity index (χ3v) is 4.56. The minimum Gasteiger partial charge on any atom is -0.496 e. The van der Waals surface area contributed by atoms with Gasteiger partial charge in [-0.1, -0.05) is 11.6 Å². The summed E-state index contributed by atoms with van der Waals surface area (Å²) in [6.07, 6.45) is 0. The molecule has 6 heteroatoms. The molecular formula is C16H15ClN2O2S. The van der Waals surface area contributed by atoms with Gasteiger partial charge in [0.05, 0.1) is 17.9 Å². The summed E-state index contributed by atoms with van der Waals surface area (Å²) in [5, 5.41) is 2.18. The van der Waals surface area contributed by atoms with Crippen LogP contribution in [0, 0.1) is 6.92 Å². The Labute approximate surface area is 136 Å². The summed E-state index contributed by atoms with van der Waals surface area (Å²) in [6.45, 7) is 3.79. The van der Waals surface area contributed by atoms with Crippen LogP contribution in [0.3, 0.4) is 0 Å². The standard InChI is InChI=1S/C16H15ClN2O2S/c1-8-4-5-12(21-3)10(6-8)11-7-22-16-13(11)15(20)18-14(19-16)9(2)17/h4-7,9H,1-3H3,(H,18,19,20). The van der Waals surface area contributed by atoms with Crippen molar-refractivity contribution in [3.05, 3.63) is 45.3 Å². The van der Waals surface area contributed by atoms with Gasteiger partial charge in [-0.2, -0.15) is 0 Å². The largest absolute Gasteiger partial charge is 0.496 e. The molecule has 0 aliphatic heterocycles. The number of nitrogens with zero attached hydrogens (tertiary/aromatic N) is 1. The van der Waals surface area contributed by atoms with Crippen LogP contribution in [-0.2, 0) is 0 Å². The van der Waals surface area contributed by atoms with Gasteiger partial charge in [0.1, 0.15) is 16.4 Å². The lowest BCUT2D eigenvalue weighted by Gasteiger charge is -2.09. The van der Waals surface area contributed by atoms with E-state index >= 15 is 0 Å². The summed E-state index contributed by atoms with van der Waals surface area (Å²) in [4.78, 5) is 20.4. The topological polar surface area (TPSA) is 55.0 Å². The lowest BCUT2D eigenvalue weighted by molar-refractivity contribution is 0.416. The van der Waals surface area contributed by atoms with Crippen molar-refractivity contribution in [2.75, 3.05) is 7.11 Å². The van der Waals surface area contributed by atoms with Gasteiger partial charge in [-0.05, 0) is 26.0 Å². The van der Waals surface area contributed by atoms with Crippen molar-refractivity contribution in [1.29, 1.82) is 0 Å². The fraction of sp³-hybridized carbons (Fsp3) is 0.250. The van der Waals surface area contributed by atoms with E-state index in [1.807, 2.05) is 30.5 Å².